The number of aliphatic hydroxyl groups is 1. The topological polar surface area (TPSA) is 23.5 Å². The molecule has 1 saturated carbocycles. The third-order valence-corrected chi connectivity index (χ3v) is 3.79. The highest BCUT2D eigenvalue weighted by atomic mass is 16.3. The molecular weight excluding hydrogens is 222 g/mol. The van der Waals surface area contributed by atoms with Crippen LogP contribution >= 0.6 is 0 Å². The van der Waals surface area contributed by atoms with Crippen LogP contribution in [0, 0.1) is 5.92 Å². The molecule has 2 rings (SSSR count). The van der Waals surface area contributed by atoms with E-state index in [9.17, 15) is 5.11 Å². The summed E-state index contributed by atoms with van der Waals surface area (Å²) >= 11 is 0. The van der Waals surface area contributed by atoms with Gasteiger partial charge in [-0.15, -0.1) is 0 Å². The summed E-state index contributed by atoms with van der Waals surface area (Å²) in [5, 5.41) is 10.2. The van der Waals surface area contributed by atoms with Crippen LogP contribution in [-0.2, 0) is 0 Å². The number of nitrogens with zero attached hydrogens (tertiary/aromatic N) is 1. The first-order chi connectivity index (χ1) is 8.66. The van der Waals surface area contributed by atoms with E-state index in [2.05, 4.69) is 18.7 Å². The van der Waals surface area contributed by atoms with E-state index in [-0.39, 0.29) is 6.10 Å². The zero-order valence-electron chi connectivity index (χ0n) is 11.5. The van der Waals surface area contributed by atoms with Crippen molar-refractivity contribution in [3.05, 3.63) is 35.9 Å². The molecule has 2 heteroatoms. The van der Waals surface area contributed by atoms with Crippen LogP contribution in [0.2, 0.25) is 0 Å². The van der Waals surface area contributed by atoms with Gasteiger partial charge in [-0.05, 0) is 44.6 Å². The Labute approximate surface area is 111 Å². The van der Waals surface area contributed by atoms with Gasteiger partial charge in [-0.1, -0.05) is 30.3 Å². The van der Waals surface area contributed by atoms with E-state index in [1.807, 2.05) is 30.3 Å². The molecule has 1 atom stereocenters. The molecule has 0 aromatic heterocycles. The summed E-state index contributed by atoms with van der Waals surface area (Å²) in [4.78, 5) is 2.50. The summed E-state index contributed by atoms with van der Waals surface area (Å²) in [6.45, 7) is 6.69. The van der Waals surface area contributed by atoms with Crippen molar-refractivity contribution in [3.8, 4) is 0 Å². The molecule has 18 heavy (non-hydrogen) atoms. The van der Waals surface area contributed by atoms with Crippen molar-refractivity contribution in [3.63, 3.8) is 0 Å². The quantitative estimate of drug-likeness (QED) is 0.799. The molecule has 0 amide bonds. The largest absolute Gasteiger partial charge is 0.388 e. The predicted octanol–water partition coefficient (Wildman–Crippen LogP) is 3.23. The van der Waals surface area contributed by atoms with Crippen molar-refractivity contribution in [2.45, 2.75) is 45.3 Å². The predicted molar refractivity (Wildman–Crippen MR) is 75.5 cm³/mol. The van der Waals surface area contributed by atoms with Crippen LogP contribution in [-0.4, -0.2) is 29.1 Å². The number of aliphatic hydroxyl groups excluding tert-OH is 1. The maximum Gasteiger partial charge on any atom is 0.0802 e. The van der Waals surface area contributed by atoms with Crippen molar-refractivity contribution < 1.29 is 5.11 Å². The Kier molecular flexibility index (Phi) is 4.79. The SMILES string of the molecule is CC(C)N(CCC(O)c1ccccc1)CC1CC1. The monoisotopic (exact) mass is 247 g/mol. The van der Waals surface area contributed by atoms with Crippen LogP contribution in [0.15, 0.2) is 30.3 Å². The number of hydrogen-bond acceptors (Lipinski definition) is 2. The molecule has 0 heterocycles. The lowest BCUT2D eigenvalue weighted by Crippen LogP contribution is -2.34. The molecule has 0 aliphatic heterocycles. The summed E-state index contributed by atoms with van der Waals surface area (Å²) < 4.78 is 0. The van der Waals surface area contributed by atoms with E-state index in [1.54, 1.807) is 0 Å². The van der Waals surface area contributed by atoms with Gasteiger partial charge in [0.05, 0.1) is 6.10 Å². The van der Waals surface area contributed by atoms with E-state index in [4.69, 9.17) is 0 Å². The molecule has 0 spiro atoms. The smallest absolute Gasteiger partial charge is 0.0802 e. The van der Waals surface area contributed by atoms with Gasteiger partial charge in [0.25, 0.3) is 0 Å². The third kappa shape index (κ3) is 4.11. The van der Waals surface area contributed by atoms with Crippen molar-refractivity contribution in [2.24, 2.45) is 5.92 Å². The van der Waals surface area contributed by atoms with Crippen LogP contribution in [0.4, 0.5) is 0 Å². The van der Waals surface area contributed by atoms with Crippen molar-refractivity contribution >= 4 is 0 Å². The van der Waals surface area contributed by atoms with Gasteiger partial charge >= 0.3 is 0 Å². The van der Waals surface area contributed by atoms with E-state index in [0.29, 0.717) is 6.04 Å². The fourth-order valence-corrected chi connectivity index (χ4v) is 2.32. The lowest BCUT2D eigenvalue weighted by molar-refractivity contribution is 0.127. The maximum atomic E-state index is 10.2. The molecule has 1 fully saturated rings. The first kappa shape index (κ1) is 13.6. The molecule has 1 aliphatic carbocycles. The highest BCUT2D eigenvalue weighted by Gasteiger charge is 2.25. The highest BCUT2D eigenvalue weighted by molar-refractivity contribution is 5.17. The van der Waals surface area contributed by atoms with E-state index < -0.39 is 0 Å². The zero-order valence-corrected chi connectivity index (χ0v) is 11.5. The van der Waals surface area contributed by atoms with Gasteiger partial charge in [-0.2, -0.15) is 0 Å². The molecule has 0 bridgehead atoms. The second-order valence-corrected chi connectivity index (χ2v) is 5.75. The number of hydrogen-bond donors (Lipinski definition) is 1. The van der Waals surface area contributed by atoms with Gasteiger partial charge in [-0.25, -0.2) is 0 Å². The third-order valence-electron chi connectivity index (χ3n) is 3.79. The average Bonchev–Trinajstić information content (AvgIpc) is 3.18. The molecule has 100 valence electrons. The van der Waals surface area contributed by atoms with Gasteiger partial charge in [0.2, 0.25) is 0 Å². The fourth-order valence-electron chi connectivity index (χ4n) is 2.32. The summed E-state index contributed by atoms with van der Waals surface area (Å²) in [7, 11) is 0. The minimum atomic E-state index is -0.327. The molecule has 1 N–H and O–H groups in total. The lowest BCUT2D eigenvalue weighted by Gasteiger charge is -2.27. The number of benzene rings is 1. The van der Waals surface area contributed by atoms with Gasteiger partial charge in [-0.3, -0.25) is 0 Å². The van der Waals surface area contributed by atoms with Crippen molar-refractivity contribution in [1.82, 2.24) is 4.90 Å². The number of rotatable bonds is 7. The van der Waals surface area contributed by atoms with Crippen LogP contribution in [0.5, 0.6) is 0 Å². The molecule has 1 unspecified atom stereocenters. The van der Waals surface area contributed by atoms with Gasteiger partial charge in [0.15, 0.2) is 0 Å². The summed E-state index contributed by atoms with van der Waals surface area (Å²) in [5.74, 6) is 0.918. The highest BCUT2D eigenvalue weighted by Crippen LogP contribution is 2.30. The van der Waals surface area contributed by atoms with Gasteiger partial charge in [0, 0.05) is 19.1 Å². The second kappa shape index (κ2) is 6.35. The molecular formula is C16H25NO. The normalized spacial score (nSPS) is 17.4. The molecule has 0 saturated heterocycles. The Morgan fingerprint density at radius 3 is 2.44 bits per heavy atom. The summed E-state index contributed by atoms with van der Waals surface area (Å²) in [5.41, 5.74) is 1.03. The van der Waals surface area contributed by atoms with Crippen LogP contribution < -0.4 is 0 Å². The van der Waals surface area contributed by atoms with E-state index >= 15 is 0 Å². The lowest BCUT2D eigenvalue weighted by atomic mass is 10.1. The first-order valence-electron chi connectivity index (χ1n) is 7.14. The molecule has 1 aromatic rings. The average molecular weight is 247 g/mol. The summed E-state index contributed by atoms with van der Waals surface area (Å²) in [6, 6.07) is 10.6. The Bertz CT molecular complexity index is 345. The Morgan fingerprint density at radius 1 is 1.22 bits per heavy atom. The van der Waals surface area contributed by atoms with E-state index in [0.717, 1.165) is 24.4 Å². The maximum absolute atomic E-state index is 10.2. The molecule has 2 nitrogen and oxygen atoms in total. The molecule has 1 aromatic carbocycles. The van der Waals surface area contributed by atoms with E-state index in [1.165, 1.54) is 19.4 Å². The van der Waals surface area contributed by atoms with Crippen LogP contribution in [0.3, 0.4) is 0 Å². The van der Waals surface area contributed by atoms with Crippen molar-refractivity contribution in [2.75, 3.05) is 13.1 Å². The Balaban J connectivity index is 1.81. The minimum Gasteiger partial charge on any atom is -0.388 e. The zero-order chi connectivity index (χ0) is 13.0. The van der Waals surface area contributed by atoms with Crippen molar-refractivity contribution in [1.29, 1.82) is 0 Å². The summed E-state index contributed by atoms with van der Waals surface area (Å²) in [6.07, 6.45) is 3.29. The molecule has 0 radical (unpaired) electrons. The Hall–Kier alpha value is -0.860. The minimum absolute atomic E-state index is 0.327. The van der Waals surface area contributed by atoms with Gasteiger partial charge in [0.1, 0.15) is 0 Å². The fraction of sp³-hybridized carbons (Fsp3) is 0.625. The van der Waals surface area contributed by atoms with Crippen LogP contribution in [0.25, 0.3) is 0 Å². The van der Waals surface area contributed by atoms with Gasteiger partial charge < -0.3 is 10.0 Å². The Morgan fingerprint density at radius 2 is 1.89 bits per heavy atom. The molecule has 1 aliphatic rings. The standard InChI is InChI=1S/C16H25NO/c1-13(2)17(12-14-8-9-14)11-10-16(18)15-6-4-3-5-7-15/h3-7,13-14,16,18H,8-12H2,1-2H3. The second-order valence-electron chi connectivity index (χ2n) is 5.75. The first-order valence-corrected chi connectivity index (χ1v) is 7.14. The van der Waals surface area contributed by atoms with Crippen LogP contribution in [0.1, 0.15) is 44.8 Å².